The molecule has 0 bridgehead atoms. The fraction of sp³-hybridized carbons (Fsp3) is 0.0909. The van der Waals surface area contributed by atoms with Crippen LogP contribution in [-0.2, 0) is 0 Å². The highest BCUT2D eigenvalue weighted by Crippen LogP contribution is 2.26. The molecule has 0 aromatic heterocycles. The molecule has 0 aliphatic heterocycles. The molecule has 3 aromatic carbocycles. The highest BCUT2D eigenvalue weighted by Gasteiger charge is 2.12. The van der Waals surface area contributed by atoms with Crippen molar-refractivity contribution >= 4 is 23.2 Å². The van der Waals surface area contributed by atoms with Crippen LogP contribution in [0.1, 0.15) is 27.6 Å². The summed E-state index contributed by atoms with van der Waals surface area (Å²) in [6, 6.07) is 19.2. The van der Waals surface area contributed by atoms with Crippen molar-refractivity contribution in [1.82, 2.24) is 0 Å². The number of nitrogens with one attached hydrogen (secondary N) is 2. The first-order valence-electron chi connectivity index (χ1n) is 8.77. The van der Waals surface area contributed by atoms with Crippen molar-refractivity contribution in [3.63, 3.8) is 0 Å². The molecule has 5 nitrogen and oxygen atoms in total. The van der Waals surface area contributed by atoms with Gasteiger partial charge in [0.15, 0.2) is 0 Å². The van der Waals surface area contributed by atoms with Gasteiger partial charge >= 0.3 is 0 Å². The number of rotatable bonds is 6. The van der Waals surface area contributed by atoms with Gasteiger partial charge in [-0.05, 0) is 55.5 Å². The van der Waals surface area contributed by atoms with E-state index in [-0.39, 0.29) is 17.6 Å². The molecule has 0 saturated heterocycles. The minimum absolute atomic E-state index is 0.231. The van der Waals surface area contributed by atoms with Crippen LogP contribution < -0.4 is 15.4 Å². The molecule has 0 aliphatic carbocycles. The number of carbonyl (C=O) groups is 2. The van der Waals surface area contributed by atoms with Crippen molar-refractivity contribution < 1.29 is 18.7 Å². The van der Waals surface area contributed by atoms with Gasteiger partial charge in [0.25, 0.3) is 11.8 Å². The summed E-state index contributed by atoms with van der Waals surface area (Å²) in [6.45, 7) is 2.13. The third-order valence-electron chi connectivity index (χ3n) is 3.93. The second-order valence-corrected chi connectivity index (χ2v) is 5.93. The van der Waals surface area contributed by atoms with Gasteiger partial charge in [0.05, 0.1) is 12.3 Å². The Kier molecular flexibility index (Phi) is 6.01. The Hall–Kier alpha value is -3.67. The molecule has 0 unspecified atom stereocenters. The lowest BCUT2D eigenvalue weighted by Gasteiger charge is -2.12. The van der Waals surface area contributed by atoms with E-state index in [9.17, 15) is 14.0 Å². The van der Waals surface area contributed by atoms with Gasteiger partial charge in [-0.25, -0.2) is 4.39 Å². The van der Waals surface area contributed by atoms with Crippen molar-refractivity contribution in [2.24, 2.45) is 0 Å². The van der Waals surface area contributed by atoms with Gasteiger partial charge in [-0.1, -0.05) is 18.2 Å². The molecular formula is C22H19FN2O3. The highest BCUT2D eigenvalue weighted by atomic mass is 19.1. The van der Waals surface area contributed by atoms with Crippen LogP contribution >= 0.6 is 0 Å². The lowest BCUT2D eigenvalue weighted by Crippen LogP contribution is -2.14. The number of hydrogen-bond donors (Lipinski definition) is 2. The second-order valence-electron chi connectivity index (χ2n) is 5.93. The largest absolute Gasteiger partial charge is 0.492 e. The third kappa shape index (κ3) is 4.73. The predicted octanol–water partition coefficient (Wildman–Crippen LogP) is 4.73. The molecule has 3 rings (SSSR count). The van der Waals surface area contributed by atoms with Gasteiger partial charge in [0, 0.05) is 22.9 Å². The fourth-order valence-corrected chi connectivity index (χ4v) is 2.57. The van der Waals surface area contributed by atoms with E-state index in [1.807, 2.05) is 6.07 Å². The molecule has 0 radical (unpaired) electrons. The molecule has 142 valence electrons. The molecule has 0 aliphatic rings. The maximum absolute atomic E-state index is 13.4. The number of anilines is 2. The highest BCUT2D eigenvalue weighted by molar-refractivity contribution is 6.06. The van der Waals surface area contributed by atoms with E-state index < -0.39 is 5.82 Å². The summed E-state index contributed by atoms with van der Waals surface area (Å²) in [5.41, 5.74) is 1.89. The zero-order valence-corrected chi connectivity index (χ0v) is 15.2. The van der Waals surface area contributed by atoms with Gasteiger partial charge in [-0.3, -0.25) is 9.59 Å². The monoisotopic (exact) mass is 378 g/mol. The van der Waals surface area contributed by atoms with E-state index in [1.54, 1.807) is 55.5 Å². The second kappa shape index (κ2) is 8.81. The van der Waals surface area contributed by atoms with Gasteiger partial charge in [0.1, 0.15) is 11.6 Å². The molecule has 6 heteroatoms. The Bertz CT molecular complexity index is 973. The summed E-state index contributed by atoms with van der Waals surface area (Å²) in [5.74, 6) is -0.776. The molecule has 0 fully saturated rings. The first-order valence-corrected chi connectivity index (χ1v) is 8.77. The molecule has 3 aromatic rings. The van der Waals surface area contributed by atoms with Crippen molar-refractivity contribution in [2.45, 2.75) is 6.92 Å². The van der Waals surface area contributed by atoms with Crippen LogP contribution in [0, 0.1) is 5.82 Å². The van der Waals surface area contributed by atoms with E-state index in [1.165, 1.54) is 18.2 Å². The summed E-state index contributed by atoms with van der Waals surface area (Å²) in [6.07, 6.45) is 0. The third-order valence-corrected chi connectivity index (χ3v) is 3.93. The van der Waals surface area contributed by atoms with Gasteiger partial charge in [-0.2, -0.15) is 0 Å². The van der Waals surface area contributed by atoms with Crippen LogP contribution in [0.5, 0.6) is 5.75 Å². The normalized spacial score (nSPS) is 10.2. The van der Waals surface area contributed by atoms with E-state index in [0.29, 0.717) is 29.1 Å². The smallest absolute Gasteiger partial charge is 0.255 e. The van der Waals surface area contributed by atoms with Crippen molar-refractivity contribution in [2.75, 3.05) is 17.2 Å². The molecule has 0 heterocycles. The maximum atomic E-state index is 13.4. The average molecular weight is 378 g/mol. The van der Waals surface area contributed by atoms with Crippen LogP contribution in [0.4, 0.5) is 15.8 Å². The average Bonchev–Trinajstić information content (AvgIpc) is 2.71. The van der Waals surface area contributed by atoms with Crippen molar-refractivity contribution in [3.05, 3.63) is 89.7 Å². The Balaban J connectivity index is 1.68. The Morgan fingerprint density at radius 3 is 2.18 bits per heavy atom. The maximum Gasteiger partial charge on any atom is 0.255 e. The van der Waals surface area contributed by atoms with E-state index in [0.717, 1.165) is 0 Å². The fourth-order valence-electron chi connectivity index (χ4n) is 2.57. The molecule has 2 amide bonds. The number of ether oxygens (including phenoxy) is 1. The van der Waals surface area contributed by atoms with Crippen molar-refractivity contribution in [1.29, 1.82) is 0 Å². The summed E-state index contributed by atoms with van der Waals surface area (Å²) in [4.78, 5) is 24.6. The van der Waals surface area contributed by atoms with E-state index in [4.69, 9.17) is 4.74 Å². The number of hydrogen-bond acceptors (Lipinski definition) is 3. The number of amides is 2. The Morgan fingerprint density at radius 1 is 0.857 bits per heavy atom. The van der Waals surface area contributed by atoms with E-state index >= 15 is 0 Å². The lowest BCUT2D eigenvalue weighted by molar-refractivity contribution is 0.101. The number of benzene rings is 3. The summed E-state index contributed by atoms with van der Waals surface area (Å²) in [5, 5.41) is 5.48. The van der Waals surface area contributed by atoms with Gasteiger partial charge in [-0.15, -0.1) is 0 Å². The lowest BCUT2D eigenvalue weighted by atomic mass is 10.1. The van der Waals surface area contributed by atoms with Crippen LogP contribution in [0.25, 0.3) is 0 Å². The van der Waals surface area contributed by atoms with Crippen LogP contribution in [0.3, 0.4) is 0 Å². The number of halogens is 1. The Morgan fingerprint density at radius 2 is 1.50 bits per heavy atom. The molecule has 0 saturated carbocycles. The minimum Gasteiger partial charge on any atom is -0.492 e. The topological polar surface area (TPSA) is 67.4 Å². The predicted molar refractivity (Wildman–Crippen MR) is 106 cm³/mol. The molecular weight excluding hydrogens is 359 g/mol. The molecule has 0 atom stereocenters. The molecule has 28 heavy (non-hydrogen) atoms. The van der Waals surface area contributed by atoms with Crippen molar-refractivity contribution in [3.8, 4) is 5.75 Å². The Labute approximate surface area is 162 Å². The van der Waals surface area contributed by atoms with Crippen LogP contribution in [0.15, 0.2) is 72.8 Å². The number of carbonyl (C=O) groups excluding carboxylic acids is 2. The summed E-state index contributed by atoms with van der Waals surface area (Å²) in [7, 11) is 0. The molecule has 2 N–H and O–H groups in total. The van der Waals surface area contributed by atoms with Gasteiger partial charge < -0.3 is 15.4 Å². The van der Waals surface area contributed by atoms with E-state index in [2.05, 4.69) is 10.6 Å². The first-order chi connectivity index (χ1) is 13.6. The summed E-state index contributed by atoms with van der Waals surface area (Å²) >= 11 is 0. The standard InChI is InChI=1S/C22H19FN2O3/c1-2-28-20-14-17(23)10-13-19(20)25-22(27)16-8-11-18(12-9-16)24-21(26)15-6-4-3-5-7-15/h3-14H,2H2,1H3,(H,24,26)(H,25,27). The zero-order chi connectivity index (χ0) is 19.9. The zero-order valence-electron chi connectivity index (χ0n) is 15.2. The quantitative estimate of drug-likeness (QED) is 0.652. The first kappa shape index (κ1) is 19.1. The minimum atomic E-state index is -0.444. The SMILES string of the molecule is CCOc1cc(F)ccc1NC(=O)c1ccc(NC(=O)c2ccccc2)cc1. The molecule has 0 spiro atoms. The van der Waals surface area contributed by atoms with Gasteiger partial charge in [0.2, 0.25) is 0 Å². The van der Waals surface area contributed by atoms with Crippen LogP contribution in [0.2, 0.25) is 0 Å². The summed E-state index contributed by atoms with van der Waals surface area (Å²) < 4.78 is 18.7. The van der Waals surface area contributed by atoms with Crippen LogP contribution in [-0.4, -0.2) is 18.4 Å².